The summed E-state index contributed by atoms with van der Waals surface area (Å²) in [4.78, 5) is 11.7. The van der Waals surface area contributed by atoms with Gasteiger partial charge in [-0.15, -0.1) is 0 Å². The van der Waals surface area contributed by atoms with E-state index in [2.05, 4.69) is 5.32 Å². The van der Waals surface area contributed by atoms with Crippen molar-refractivity contribution in [2.24, 2.45) is 0 Å². The van der Waals surface area contributed by atoms with Gasteiger partial charge in [-0.1, -0.05) is 12.8 Å². The number of esters is 1. The Labute approximate surface area is 118 Å². The third kappa shape index (κ3) is 3.28. The highest BCUT2D eigenvalue weighted by atomic mass is 19.1. The molecule has 110 valence electrons. The van der Waals surface area contributed by atoms with Crippen molar-refractivity contribution in [1.82, 2.24) is 0 Å². The summed E-state index contributed by atoms with van der Waals surface area (Å²) >= 11 is 0. The Balaban J connectivity index is 2.21. The van der Waals surface area contributed by atoms with E-state index >= 15 is 0 Å². The van der Waals surface area contributed by atoms with E-state index < -0.39 is 11.8 Å². The fourth-order valence-electron chi connectivity index (χ4n) is 2.66. The van der Waals surface area contributed by atoms with Crippen LogP contribution >= 0.6 is 0 Å². The zero-order valence-electron chi connectivity index (χ0n) is 11.8. The number of ether oxygens (including phenoxy) is 2. The summed E-state index contributed by atoms with van der Waals surface area (Å²) < 4.78 is 23.5. The van der Waals surface area contributed by atoms with Crippen LogP contribution in [0.5, 0.6) is 0 Å². The zero-order chi connectivity index (χ0) is 14.5. The summed E-state index contributed by atoms with van der Waals surface area (Å²) in [6.07, 6.45) is 4.33. The van der Waals surface area contributed by atoms with Crippen molar-refractivity contribution in [3.05, 3.63) is 29.6 Å². The smallest absolute Gasteiger partial charge is 0.340 e. The van der Waals surface area contributed by atoms with E-state index in [4.69, 9.17) is 9.47 Å². The molecule has 2 rings (SSSR count). The van der Waals surface area contributed by atoms with Gasteiger partial charge in [0, 0.05) is 12.8 Å². The average molecular weight is 281 g/mol. The Kier molecular flexibility index (Phi) is 4.95. The van der Waals surface area contributed by atoms with E-state index in [0.717, 1.165) is 25.7 Å². The highest BCUT2D eigenvalue weighted by molar-refractivity contribution is 5.95. The summed E-state index contributed by atoms with van der Waals surface area (Å²) in [7, 11) is 2.98. The van der Waals surface area contributed by atoms with Crippen LogP contribution in [0.25, 0.3) is 0 Å². The van der Waals surface area contributed by atoms with Crippen LogP contribution in [-0.4, -0.2) is 32.3 Å². The predicted molar refractivity (Wildman–Crippen MR) is 74.4 cm³/mol. The molecule has 1 fully saturated rings. The van der Waals surface area contributed by atoms with E-state index in [9.17, 15) is 9.18 Å². The number of rotatable bonds is 4. The highest BCUT2D eigenvalue weighted by Crippen LogP contribution is 2.26. The Morgan fingerprint density at radius 2 is 2.05 bits per heavy atom. The van der Waals surface area contributed by atoms with E-state index in [-0.39, 0.29) is 17.7 Å². The van der Waals surface area contributed by atoms with Gasteiger partial charge in [-0.25, -0.2) is 9.18 Å². The Bertz CT molecular complexity index is 478. The molecule has 0 radical (unpaired) electrons. The van der Waals surface area contributed by atoms with Gasteiger partial charge in [0.2, 0.25) is 0 Å². The standard InChI is InChI=1S/C15H20FNO3/c1-19-14-6-4-3-5-13(14)17-12-8-7-10(16)9-11(12)15(18)20-2/h7-9,13-14,17H,3-6H2,1-2H3. The first kappa shape index (κ1) is 14.8. The minimum atomic E-state index is -0.545. The van der Waals surface area contributed by atoms with Crippen LogP contribution < -0.4 is 5.32 Å². The van der Waals surface area contributed by atoms with Crippen LogP contribution in [0.15, 0.2) is 18.2 Å². The maximum Gasteiger partial charge on any atom is 0.340 e. The fraction of sp³-hybridized carbons (Fsp3) is 0.533. The largest absolute Gasteiger partial charge is 0.465 e. The molecule has 2 atom stereocenters. The monoisotopic (exact) mass is 281 g/mol. The van der Waals surface area contributed by atoms with Gasteiger partial charge in [-0.05, 0) is 31.0 Å². The van der Waals surface area contributed by atoms with E-state index in [0.29, 0.717) is 5.69 Å². The molecule has 20 heavy (non-hydrogen) atoms. The van der Waals surface area contributed by atoms with Gasteiger partial charge in [0.05, 0.1) is 24.8 Å². The van der Waals surface area contributed by atoms with Crippen molar-refractivity contribution in [1.29, 1.82) is 0 Å². The van der Waals surface area contributed by atoms with Crippen LogP contribution in [0, 0.1) is 5.82 Å². The molecule has 5 heteroatoms. The second-order valence-corrected chi connectivity index (χ2v) is 4.99. The second-order valence-electron chi connectivity index (χ2n) is 4.99. The summed E-state index contributed by atoms with van der Waals surface area (Å²) in [6, 6.07) is 4.23. The van der Waals surface area contributed by atoms with Crippen LogP contribution in [-0.2, 0) is 9.47 Å². The highest BCUT2D eigenvalue weighted by Gasteiger charge is 2.26. The summed E-state index contributed by atoms with van der Waals surface area (Å²) in [6.45, 7) is 0. The molecule has 1 saturated carbocycles. The normalized spacial score (nSPS) is 22.4. The molecule has 1 aliphatic rings. The Morgan fingerprint density at radius 3 is 2.75 bits per heavy atom. The van der Waals surface area contributed by atoms with Crippen molar-refractivity contribution < 1.29 is 18.7 Å². The first-order chi connectivity index (χ1) is 9.65. The SMILES string of the molecule is COC(=O)c1cc(F)ccc1NC1CCCCC1OC. The fourth-order valence-corrected chi connectivity index (χ4v) is 2.66. The molecule has 0 spiro atoms. The number of methoxy groups -OCH3 is 2. The maximum absolute atomic E-state index is 13.3. The van der Waals surface area contributed by atoms with Gasteiger partial charge in [0.15, 0.2) is 0 Å². The van der Waals surface area contributed by atoms with Crippen LogP contribution in [0.4, 0.5) is 10.1 Å². The lowest BCUT2D eigenvalue weighted by molar-refractivity contribution is 0.0586. The molecule has 0 amide bonds. The third-order valence-corrected chi connectivity index (χ3v) is 3.73. The maximum atomic E-state index is 13.3. The average Bonchev–Trinajstić information content (AvgIpc) is 2.48. The molecule has 0 saturated heterocycles. The number of nitrogens with one attached hydrogen (secondary N) is 1. The van der Waals surface area contributed by atoms with Crippen molar-refractivity contribution in [3.63, 3.8) is 0 Å². The molecule has 1 aromatic rings. The van der Waals surface area contributed by atoms with Crippen molar-refractivity contribution in [2.45, 2.75) is 37.8 Å². The van der Waals surface area contributed by atoms with Gasteiger partial charge >= 0.3 is 5.97 Å². The molecule has 1 aromatic carbocycles. The molecule has 4 nitrogen and oxygen atoms in total. The van der Waals surface area contributed by atoms with E-state index in [1.165, 1.54) is 19.2 Å². The minimum absolute atomic E-state index is 0.110. The summed E-state index contributed by atoms with van der Waals surface area (Å²) in [5.41, 5.74) is 0.806. The lowest BCUT2D eigenvalue weighted by atomic mass is 9.92. The quantitative estimate of drug-likeness (QED) is 0.862. The molecule has 1 aliphatic carbocycles. The number of carbonyl (C=O) groups is 1. The predicted octanol–water partition coefficient (Wildman–Crippen LogP) is 2.98. The first-order valence-electron chi connectivity index (χ1n) is 6.83. The number of hydrogen-bond donors (Lipinski definition) is 1. The number of halogens is 1. The van der Waals surface area contributed by atoms with Gasteiger partial charge in [0.25, 0.3) is 0 Å². The van der Waals surface area contributed by atoms with E-state index in [1.54, 1.807) is 13.2 Å². The van der Waals surface area contributed by atoms with Crippen molar-refractivity contribution >= 4 is 11.7 Å². The molecule has 0 aromatic heterocycles. The second kappa shape index (κ2) is 6.70. The van der Waals surface area contributed by atoms with Gasteiger partial charge in [0.1, 0.15) is 5.82 Å². The minimum Gasteiger partial charge on any atom is -0.465 e. The zero-order valence-corrected chi connectivity index (χ0v) is 11.8. The Morgan fingerprint density at radius 1 is 1.30 bits per heavy atom. The lowest BCUT2D eigenvalue weighted by Gasteiger charge is -2.32. The number of hydrogen-bond acceptors (Lipinski definition) is 4. The molecular weight excluding hydrogens is 261 g/mol. The molecule has 2 unspecified atom stereocenters. The van der Waals surface area contributed by atoms with Gasteiger partial charge < -0.3 is 14.8 Å². The van der Waals surface area contributed by atoms with Crippen LogP contribution in [0.3, 0.4) is 0 Å². The third-order valence-electron chi connectivity index (χ3n) is 3.73. The number of benzene rings is 1. The first-order valence-corrected chi connectivity index (χ1v) is 6.83. The van der Waals surface area contributed by atoms with Crippen molar-refractivity contribution in [2.75, 3.05) is 19.5 Å². The molecular formula is C15H20FNO3. The molecule has 0 heterocycles. The summed E-state index contributed by atoms with van der Waals surface area (Å²) in [5, 5.41) is 3.30. The van der Waals surface area contributed by atoms with Crippen LogP contribution in [0.1, 0.15) is 36.0 Å². The number of anilines is 1. The summed E-state index contributed by atoms with van der Waals surface area (Å²) in [5.74, 6) is -1.00. The van der Waals surface area contributed by atoms with E-state index in [1.807, 2.05) is 0 Å². The van der Waals surface area contributed by atoms with Gasteiger partial charge in [-0.2, -0.15) is 0 Å². The molecule has 0 aliphatic heterocycles. The Hall–Kier alpha value is -1.62. The lowest BCUT2D eigenvalue weighted by Crippen LogP contribution is -2.38. The van der Waals surface area contributed by atoms with Gasteiger partial charge in [-0.3, -0.25) is 0 Å². The topological polar surface area (TPSA) is 47.6 Å². The van der Waals surface area contributed by atoms with Crippen LogP contribution in [0.2, 0.25) is 0 Å². The van der Waals surface area contributed by atoms with Crippen molar-refractivity contribution in [3.8, 4) is 0 Å². The molecule has 0 bridgehead atoms. The molecule has 1 N–H and O–H groups in total. The number of carbonyl (C=O) groups excluding carboxylic acids is 1.